The SMILES string of the molecule is C#CCCCN1CCC(O)C(CC)C1. The first-order valence-corrected chi connectivity index (χ1v) is 5.61. The molecule has 1 fully saturated rings. The van der Waals surface area contributed by atoms with Gasteiger partial charge in [0.1, 0.15) is 0 Å². The molecule has 1 aliphatic heterocycles. The Balaban J connectivity index is 2.25. The van der Waals surface area contributed by atoms with Gasteiger partial charge in [-0.3, -0.25) is 0 Å². The first kappa shape index (κ1) is 11.6. The monoisotopic (exact) mass is 195 g/mol. The predicted octanol–water partition coefficient (Wildman–Crippen LogP) is 1.49. The minimum absolute atomic E-state index is 0.0797. The standard InChI is InChI=1S/C12H21NO/c1-3-5-6-8-13-9-7-12(14)11(4-2)10-13/h1,11-12,14H,4-10H2,2H3. The van der Waals surface area contributed by atoms with Crippen molar-refractivity contribution in [3.8, 4) is 12.3 Å². The quantitative estimate of drug-likeness (QED) is 0.543. The van der Waals surface area contributed by atoms with E-state index in [-0.39, 0.29) is 6.10 Å². The Morgan fingerprint density at radius 3 is 3.00 bits per heavy atom. The molecule has 2 nitrogen and oxygen atoms in total. The zero-order chi connectivity index (χ0) is 10.4. The molecule has 1 N–H and O–H groups in total. The molecule has 1 aliphatic rings. The maximum absolute atomic E-state index is 9.70. The summed E-state index contributed by atoms with van der Waals surface area (Å²) in [6.07, 6.45) is 9.09. The van der Waals surface area contributed by atoms with Crippen LogP contribution in [0.15, 0.2) is 0 Å². The molecule has 80 valence electrons. The average Bonchev–Trinajstić information content (AvgIpc) is 2.21. The molecular formula is C12H21NO. The molecule has 0 saturated carbocycles. The highest BCUT2D eigenvalue weighted by atomic mass is 16.3. The third-order valence-electron chi connectivity index (χ3n) is 3.10. The number of terminal acetylenes is 1. The first-order chi connectivity index (χ1) is 6.77. The van der Waals surface area contributed by atoms with Crippen LogP contribution in [0.25, 0.3) is 0 Å². The van der Waals surface area contributed by atoms with Crippen LogP contribution in [0.4, 0.5) is 0 Å². The summed E-state index contributed by atoms with van der Waals surface area (Å²) in [6.45, 7) is 5.32. The Kier molecular flexibility index (Phi) is 5.00. The van der Waals surface area contributed by atoms with Crippen molar-refractivity contribution in [3.63, 3.8) is 0 Å². The van der Waals surface area contributed by atoms with Gasteiger partial charge >= 0.3 is 0 Å². The zero-order valence-electron chi connectivity index (χ0n) is 9.08. The van der Waals surface area contributed by atoms with E-state index in [4.69, 9.17) is 6.42 Å². The number of likely N-dealkylation sites (tertiary alicyclic amines) is 1. The van der Waals surface area contributed by atoms with Gasteiger partial charge in [0.05, 0.1) is 6.10 Å². The van der Waals surface area contributed by atoms with Crippen LogP contribution in [0.2, 0.25) is 0 Å². The van der Waals surface area contributed by atoms with E-state index in [1.807, 2.05) is 0 Å². The lowest BCUT2D eigenvalue weighted by molar-refractivity contribution is 0.0250. The summed E-state index contributed by atoms with van der Waals surface area (Å²) in [6, 6.07) is 0. The van der Waals surface area contributed by atoms with Crippen molar-refractivity contribution in [2.75, 3.05) is 19.6 Å². The second-order valence-corrected chi connectivity index (χ2v) is 4.13. The molecule has 0 radical (unpaired) electrons. The highest BCUT2D eigenvalue weighted by Crippen LogP contribution is 2.20. The third-order valence-corrected chi connectivity index (χ3v) is 3.10. The van der Waals surface area contributed by atoms with Crippen molar-refractivity contribution in [2.45, 2.75) is 38.7 Å². The fraction of sp³-hybridized carbons (Fsp3) is 0.833. The summed E-state index contributed by atoms with van der Waals surface area (Å²) < 4.78 is 0. The molecule has 14 heavy (non-hydrogen) atoms. The number of nitrogens with zero attached hydrogens (tertiary/aromatic N) is 1. The van der Waals surface area contributed by atoms with Gasteiger partial charge in [0.15, 0.2) is 0 Å². The molecule has 1 rings (SSSR count). The maximum Gasteiger partial charge on any atom is 0.0592 e. The third kappa shape index (κ3) is 3.32. The Morgan fingerprint density at radius 2 is 2.36 bits per heavy atom. The van der Waals surface area contributed by atoms with Gasteiger partial charge in [-0.05, 0) is 31.7 Å². The van der Waals surface area contributed by atoms with Gasteiger partial charge in [0.25, 0.3) is 0 Å². The van der Waals surface area contributed by atoms with Gasteiger partial charge in [-0.2, -0.15) is 0 Å². The van der Waals surface area contributed by atoms with Crippen LogP contribution in [0.5, 0.6) is 0 Å². The van der Waals surface area contributed by atoms with Crippen LogP contribution in [-0.4, -0.2) is 35.7 Å². The van der Waals surface area contributed by atoms with E-state index in [0.717, 1.165) is 45.3 Å². The van der Waals surface area contributed by atoms with E-state index < -0.39 is 0 Å². The molecule has 0 aliphatic carbocycles. The zero-order valence-corrected chi connectivity index (χ0v) is 9.08. The number of piperidine rings is 1. The van der Waals surface area contributed by atoms with Crippen LogP contribution in [0.1, 0.15) is 32.6 Å². The lowest BCUT2D eigenvalue weighted by atomic mass is 9.92. The Bertz CT molecular complexity index is 197. The molecule has 2 heteroatoms. The highest BCUT2D eigenvalue weighted by Gasteiger charge is 2.25. The van der Waals surface area contributed by atoms with Gasteiger partial charge in [-0.25, -0.2) is 0 Å². The summed E-state index contributed by atoms with van der Waals surface area (Å²) in [7, 11) is 0. The van der Waals surface area contributed by atoms with Crippen molar-refractivity contribution >= 4 is 0 Å². The number of aliphatic hydroxyl groups is 1. The molecule has 2 unspecified atom stereocenters. The van der Waals surface area contributed by atoms with Gasteiger partial charge in [0, 0.05) is 19.5 Å². The van der Waals surface area contributed by atoms with E-state index in [1.54, 1.807) is 0 Å². The molecule has 0 aromatic heterocycles. The molecule has 2 atom stereocenters. The van der Waals surface area contributed by atoms with Gasteiger partial charge in [-0.1, -0.05) is 6.92 Å². The van der Waals surface area contributed by atoms with E-state index in [0.29, 0.717) is 5.92 Å². The largest absolute Gasteiger partial charge is 0.393 e. The number of aliphatic hydroxyl groups excluding tert-OH is 1. The second kappa shape index (κ2) is 6.06. The van der Waals surface area contributed by atoms with E-state index >= 15 is 0 Å². The van der Waals surface area contributed by atoms with E-state index in [9.17, 15) is 5.11 Å². The summed E-state index contributed by atoms with van der Waals surface area (Å²) in [4.78, 5) is 2.43. The lowest BCUT2D eigenvalue weighted by Crippen LogP contribution is -2.43. The van der Waals surface area contributed by atoms with Crippen molar-refractivity contribution in [2.24, 2.45) is 5.92 Å². The van der Waals surface area contributed by atoms with E-state index in [1.165, 1.54) is 0 Å². The van der Waals surface area contributed by atoms with Gasteiger partial charge in [-0.15, -0.1) is 12.3 Å². The van der Waals surface area contributed by atoms with Crippen molar-refractivity contribution in [3.05, 3.63) is 0 Å². The molecule has 0 aromatic rings. The van der Waals surface area contributed by atoms with Crippen LogP contribution < -0.4 is 0 Å². The second-order valence-electron chi connectivity index (χ2n) is 4.13. The predicted molar refractivity (Wildman–Crippen MR) is 58.9 cm³/mol. The van der Waals surface area contributed by atoms with Crippen LogP contribution in [-0.2, 0) is 0 Å². The topological polar surface area (TPSA) is 23.5 Å². The van der Waals surface area contributed by atoms with Crippen molar-refractivity contribution in [1.82, 2.24) is 4.90 Å². The number of hydrogen-bond acceptors (Lipinski definition) is 2. The maximum atomic E-state index is 9.70. The first-order valence-electron chi connectivity index (χ1n) is 5.61. The van der Waals surface area contributed by atoms with Crippen molar-refractivity contribution in [1.29, 1.82) is 0 Å². The smallest absolute Gasteiger partial charge is 0.0592 e. The molecule has 0 spiro atoms. The highest BCUT2D eigenvalue weighted by molar-refractivity contribution is 4.84. The summed E-state index contributed by atoms with van der Waals surface area (Å²) in [5.41, 5.74) is 0. The molecule has 0 amide bonds. The van der Waals surface area contributed by atoms with E-state index in [2.05, 4.69) is 17.7 Å². The lowest BCUT2D eigenvalue weighted by Gasteiger charge is -2.35. The molecule has 0 aromatic carbocycles. The fourth-order valence-corrected chi connectivity index (χ4v) is 2.10. The van der Waals surface area contributed by atoms with Crippen LogP contribution >= 0.6 is 0 Å². The Labute approximate surface area is 87.3 Å². The van der Waals surface area contributed by atoms with Crippen LogP contribution in [0.3, 0.4) is 0 Å². The number of unbranched alkanes of at least 4 members (excludes halogenated alkanes) is 1. The molecular weight excluding hydrogens is 174 g/mol. The molecule has 0 bridgehead atoms. The normalized spacial score (nSPS) is 28.6. The average molecular weight is 195 g/mol. The molecule has 1 heterocycles. The van der Waals surface area contributed by atoms with Crippen LogP contribution in [0, 0.1) is 18.3 Å². The van der Waals surface area contributed by atoms with Gasteiger partial charge < -0.3 is 10.0 Å². The number of rotatable bonds is 4. The summed E-state index contributed by atoms with van der Waals surface area (Å²) in [5.74, 6) is 3.13. The number of hydrogen-bond donors (Lipinski definition) is 1. The summed E-state index contributed by atoms with van der Waals surface area (Å²) in [5, 5.41) is 9.70. The fourth-order valence-electron chi connectivity index (χ4n) is 2.10. The molecule has 1 saturated heterocycles. The minimum atomic E-state index is -0.0797. The van der Waals surface area contributed by atoms with Crippen molar-refractivity contribution < 1.29 is 5.11 Å². The summed E-state index contributed by atoms with van der Waals surface area (Å²) >= 11 is 0. The van der Waals surface area contributed by atoms with Gasteiger partial charge in [0.2, 0.25) is 0 Å². The minimum Gasteiger partial charge on any atom is -0.393 e. The Morgan fingerprint density at radius 1 is 1.57 bits per heavy atom. The Hall–Kier alpha value is -0.520.